The lowest BCUT2D eigenvalue weighted by Gasteiger charge is -2.22. The first-order chi connectivity index (χ1) is 9.05. The third-order valence-corrected chi connectivity index (χ3v) is 4.97. The lowest BCUT2D eigenvalue weighted by molar-refractivity contribution is 0.400. The van der Waals surface area contributed by atoms with Crippen LogP contribution in [0.3, 0.4) is 0 Å². The Morgan fingerprint density at radius 1 is 1.26 bits per heavy atom. The summed E-state index contributed by atoms with van der Waals surface area (Å²) >= 11 is 0. The minimum atomic E-state index is -3.13. The summed E-state index contributed by atoms with van der Waals surface area (Å²) < 4.78 is 25.2. The quantitative estimate of drug-likeness (QED) is 0.846. The Balaban J connectivity index is 2.04. The summed E-state index contributed by atoms with van der Waals surface area (Å²) in [5, 5.41) is 2.18. The zero-order chi connectivity index (χ0) is 13.5. The largest absolute Gasteiger partial charge is 0.264 e. The molecule has 1 fully saturated rings. The number of hydrogen-bond acceptors (Lipinski definition) is 3. The van der Waals surface area contributed by atoms with E-state index in [1.807, 2.05) is 24.4 Å². The average Bonchev–Trinajstić information content (AvgIpc) is 2.87. The molecule has 1 aromatic carbocycles. The van der Waals surface area contributed by atoms with E-state index in [1.165, 1.54) is 6.26 Å². The molecule has 1 saturated heterocycles. The predicted octanol–water partition coefficient (Wildman–Crippen LogP) is 2.33. The van der Waals surface area contributed by atoms with E-state index in [2.05, 4.69) is 11.1 Å². The molecule has 4 nitrogen and oxygen atoms in total. The summed E-state index contributed by atoms with van der Waals surface area (Å²) in [7, 11) is -3.13. The van der Waals surface area contributed by atoms with Crippen LogP contribution in [0.2, 0.25) is 0 Å². The molecular formula is C14H16N2O2S. The van der Waals surface area contributed by atoms with Crippen LogP contribution in [0.5, 0.6) is 0 Å². The van der Waals surface area contributed by atoms with Gasteiger partial charge < -0.3 is 0 Å². The van der Waals surface area contributed by atoms with Gasteiger partial charge in [-0.2, -0.15) is 4.31 Å². The molecule has 3 rings (SSSR count). The van der Waals surface area contributed by atoms with E-state index in [1.54, 1.807) is 10.5 Å². The van der Waals surface area contributed by atoms with Crippen LogP contribution in [0.1, 0.15) is 24.4 Å². The van der Waals surface area contributed by atoms with Crippen molar-refractivity contribution >= 4 is 20.8 Å². The summed E-state index contributed by atoms with van der Waals surface area (Å²) in [5.74, 6) is 0. The second-order valence-electron chi connectivity index (χ2n) is 5.01. The number of fused-ring (bicyclic) bond motifs is 1. The maximum atomic E-state index is 11.8. The van der Waals surface area contributed by atoms with Crippen molar-refractivity contribution in [2.24, 2.45) is 0 Å². The smallest absolute Gasteiger partial charge is 0.211 e. The van der Waals surface area contributed by atoms with Crippen molar-refractivity contribution in [1.82, 2.24) is 9.29 Å². The van der Waals surface area contributed by atoms with Crippen LogP contribution < -0.4 is 0 Å². The number of hydrogen-bond donors (Lipinski definition) is 0. The van der Waals surface area contributed by atoms with E-state index in [0.29, 0.717) is 6.54 Å². The van der Waals surface area contributed by atoms with Crippen LogP contribution >= 0.6 is 0 Å². The third-order valence-electron chi connectivity index (χ3n) is 3.68. The Bertz CT molecular complexity index is 712. The van der Waals surface area contributed by atoms with Crippen LogP contribution in [0.25, 0.3) is 10.8 Å². The molecular weight excluding hydrogens is 260 g/mol. The average molecular weight is 276 g/mol. The van der Waals surface area contributed by atoms with Gasteiger partial charge in [-0.25, -0.2) is 8.42 Å². The monoisotopic (exact) mass is 276 g/mol. The maximum absolute atomic E-state index is 11.8. The molecule has 1 aliphatic rings. The van der Waals surface area contributed by atoms with E-state index < -0.39 is 10.0 Å². The molecule has 1 atom stereocenters. The standard InChI is InChI=1S/C14H16N2O2S/c1-19(17,18)16-8-2-3-14(16)12-4-5-13-10-15-7-6-11(13)9-12/h4-7,9-10,14H,2-3,8H2,1H3/t14-/m1/s1. The fraction of sp³-hybridized carbons (Fsp3) is 0.357. The highest BCUT2D eigenvalue weighted by Crippen LogP contribution is 2.34. The lowest BCUT2D eigenvalue weighted by atomic mass is 10.0. The van der Waals surface area contributed by atoms with Crippen LogP contribution in [0.15, 0.2) is 36.7 Å². The molecule has 0 bridgehead atoms. The van der Waals surface area contributed by atoms with Gasteiger partial charge in [0.05, 0.1) is 6.26 Å². The summed E-state index contributed by atoms with van der Waals surface area (Å²) in [6.45, 7) is 0.623. The molecule has 19 heavy (non-hydrogen) atoms. The first-order valence-corrected chi connectivity index (χ1v) is 8.21. The van der Waals surface area contributed by atoms with E-state index >= 15 is 0 Å². The maximum Gasteiger partial charge on any atom is 0.211 e. The highest BCUT2D eigenvalue weighted by molar-refractivity contribution is 7.88. The van der Waals surface area contributed by atoms with Crippen molar-refractivity contribution < 1.29 is 8.42 Å². The number of aromatic nitrogens is 1. The minimum Gasteiger partial charge on any atom is -0.264 e. The summed E-state index contributed by atoms with van der Waals surface area (Å²) in [6.07, 6.45) is 6.68. The minimum absolute atomic E-state index is 0.0208. The lowest BCUT2D eigenvalue weighted by Crippen LogP contribution is -2.29. The van der Waals surface area contributed by atoms with Crippen LogP contribution in [-0.4, -0.2) is 30.5 Å². The summed E-state index contributed by atoms with van der Waals surface area (Å²) in [5.41, 5.74) is 1.07. The molecule has 100 valence electrons. The van der Waals surface area contributed by atoms with Crippen LogP contribution in [0.4, 0.5) is 0 Å². The molecule has 0 spiro atoms. The number of benzene rings is 1. The molecule has 1 aromatic heterocycles. The van der Waals surface area contributed by atoms with Gasteiger partial charge >= 0.3 is 0 Å². The Kier molecular flexibility index (Phi) is 3.03. The Morgan fingerprint density at radius 3 is 2.89 bits per heavy atom. The SMILES string of the molecule is CS(=O)(=O)N1CCC[C@@H]1c1ccc2cnccc2c1. The van der Waals surface area contributed by atoms with Gasteiger partial charge in [0.15, 0.2) is 0 Å². The first kappa shape index (κ1) is 12.6. The van der Waals surface area contributed by atoms with E-state index in [-0.39, 0.29) is 6.04 Å². The predicted molar refractivity (Wildman–Crippen MR) is 75.3 cm³/mol. The summed E-state index contributed by atoms with van der Waals surface area (Å²) in [4.78, 5) is 4.09. The molecule has 0 saturated carbocycles. The molecule has 0 amide bonds. The van der Waals surface area contributed by atoms with Gasteiger partial charge in [-0.15, -0.1) is 0 Å². The molecule has 1 aliphatic heterocycles. The highest BCUT2D eigenvalue weighted by Gasteiger charge is 2.32. The van der Waals surface area contributed by atoms with Gasteiger partial charge in [-0.3, -0.25) is 4.98 Å². The van der Waals surface area contributed by atoms with Gasteiger partial charge in [-0.05, 0) is 35.9 Å². The zero-order valence-electron chi connectivity index (χ0n) is 10.8. The number of sulfonamides is 1. The molecule has 0 unspecified atom stereocenters. The van der Waals surface area contributed by atoms with Crippen molar-refractivity contribution in [3.63, 3.8) is 0 Å². The number of nitrogens with zero attached hydrogens (tertiary/aromatic N) is 2. The van der Waals surface area contributed by atoms with E-state index in [4.69, 9.17) is 0 Å². The number of pyridine rings is 1. The van der Waals surface area contributed by atoms with Gasteiger partial charge in [-0.1, -0.05) is 12.1 Å². The van der Waals surface area contributed by atoms with Gasteiger partial charge in [0.25, 0.3) is 0 Å². The van der Waals surface area contributed by atoms with Crippen LogP contribution in [-0.2, 0) is 10.0 Å². The normalized spacial score (nSPS) is 21.0. The van der Waals surface area contributed by atoms with Gasteiger partial charge in [0, 0.05) is 30.4 Å². The van der Waals surface area contributed by atoms with Crippen molar-refractivity contribution in [1.29, 1.82) is 0 Å². The summed E-state index contributed by atoms with van der Waals surface area (Å²) in [6, 6.07) is 8.03. The molecule has 2 aromatic rings. The van der Waals surface area contributed by atoms with Crippen molar-refractivity contribution in [2.45, 2.75) is 18.9 Å². The fourth-order valence-corrected chi connectivity index (χ4v) is 3.93. The highest BCUT2D eigenvalue weighted by atomic mass is 32.2. The van der Waals surface area contributed by atoms with Crippen molar-refractivity contribution in [3.05, 3.63) is 42.2 Å². The second-order valence-corrected chi connectivity index (χ2v) is 6.95. The van der Waals surface area contributed by atoms with Crippen molar-refractivity contribution in [2.75, 3.05) is 12.8 Å². The fourth-order valence-electron chi connectivity index (χ4n) is 2.78. The second kappa shape index (κ2) is 4.58. The molecule has 5 heteroatoms. The number of rotatable bonds is 2. The van der Waals surface area contributed by atoms with Gasteiger partial charge in [0.2, 0.25) is 10.0 Å². The zero-order valence-corrected chi connectivity index (χ0v) is 11.6. The Labute approximate surface area is 113 Å². The van der Waals surface area contributed by atoms with Crippen molar-refractivity contribution in [3.8, 4) is 0 Å². The topological polar surface area (TPSA) is 50.3 Å². The van der Waals surface area contributed by atoms with Crippen LogP contribution in [0, 0.1) is 0 Å². The van der Waals surface area contributed by atoms with E-state index in [0.717, 1.165) is 29.2 Å². The Hall–Kier alpha value is -1.46. The Morgan fingerprint density at radius 2 is 2.11 bits per heavy atom. The molecule has 0 aliphatic carbocycles. The molecule has 0 N–H and O–H groups in total. The first-order valence-electron chi connectivity index (χ1n) is 6.36. The molecule has 0 radical (unpaired) electrons. The third kappa shape index (κ3) is 2.35. The molecule has 2 heterocycles. The van der Waals surface area contributed by atoms with E-state index in [9.17, 15) is 8.42 Å². The van der Waals surface area contributed by atoms with Gasteiger partial charge in [0.1, 0.15) is 0 Å².